The van der Waals surface area contributed by atoms with E-state index < -0.39 is 5.82 Å². The number of benzene rings is 1. The number of nitrogens with one attached hydrogen (secondary N) is 1. The Morgan fingerprint density at radius 1 is 1.43 bits per heavy atom. The van der Waals surface area contributed by atoms with Crippen LogP contribution in [0.3, 0.4) is 0 Å². The molecule has 0 spiro atoms. The molecule has 1 saturated carbocycles. The highest BCUT2D eigenvalue weighted by atomic mass is 19.1. The van der Waals surface area contributed by atoms with Crippen molar-refractivity contribution in [1.82, 2.24) is 5.32 Å². The Labute approximate surface area is 124 Å². The SMILES string of the molecule is CC(N)c1ccc(OCC(=O)NC2CCCCC2)cc1F. The highest BCUT2D eigenvalue weighted by Crippen LogP contribution is 2.21. The van der Waals surface area contributed by atoms with Gasteiger partial charge in [0, 0.05) is 23.7 Å². The van der Waals surface area contributed by atoms with Crippen molar-refractivity contribution < 1.29 is 13.9 Å². The maximum atomic E-state index is 13.7. The normalized spacial score (nSPS) is 17.3. The molecule has 1 aromatic rings. The Morgan fingerprint density at radius 3 is 2.76 bits per heavy atom. The molecule has 5 heteroatoms. The fourth-order valence-corrected chi connectivity index (χ4v) is 2.63. The summed E-state index contributed by atoms with van der Waals surface area (Å²) in [7, 11) is 0. The summed E-state index contributed by atoms with van der Waals surface area (Å²) in [6, 6.07) is 4.39. The van der Waals surface area contributed by atoms with Crippen molar-refractivity contribution in [3.63, 3.8) is 0 Å². The third-order valence-corrected chi connectivity index (χ3v) is 3.80. The first-order valence-electron chi connectivity index (χ1n) is 7.53. The van der Waals surface area contributed by atoms with Crippen LogP contribution in [0.1, 0.15) is 50.6 Å². The first-order valence-corrected chi connectivity index (χ1v) is 7.53. The molecule has 0 aromatic heterocycles. The van der Waals surface area contributed by atoms with Gasteiger partial charge >= 0.3 is 0 Å². The molecule has 1 aliphatic carbocycles. The number of hydrogen-bond donors (Lipinski definition) is 2. The van der Waals surface area contributed by atoms with Crippen molar-refractivity contribution in [2.24, 2.45) is 5.73 Å². The van der Waals surface area contributed by atoms with E-state index in [1.54, 1.807) is 19.1 Å². The lowest BCUT2D eigenvalue weighted by Crippen LogP contribution is -2.38. The van der Waals surface area contributed by atoms with Crippen molar-refractivity contribution in [1.29, 1.82) is 0 Å². The lowest BCUT2D eigenvalue weighted by molar-refractivity contribution is -0.124. The Balaban J connectivity index is 1.82. The summed E-state index contributed by atoms with van der Waals surface area (Å²) < 4.78 is 19.1. The van der Waals surface area contributed by atoms with Gasteiger partial charge in [0.1, 0.15) is 11.6 Å². The maximum Gasteiger partial charge on any atom is 0.258 e. The number of halogens is 1. The van der Waals surface area contributed by atoms with Gasteiger partial charge in [0.05, 0.1) is 0 Å². The minimum atomic E-state index is -0.407. The summed E-state index contributed by atoms with van der Waals surface area (Å²) in [6.07, 6.45) is 5.63. The predicted molar refractivity (Wildman–Crippen MR) is 79.5 cm³/mol. The van der Waals surface area contributed by atoms with E-state index >= 15 is 0 Å². The van der Waals surface area contributed by atoms with E-state index in [0.29, 0.717) is 11.3 Å². The number of rotatable bonds is 5. The minimum absolute atomic E-state index is 0.0898. The second-order valence-electron chi connectivity index (χ2n) is 5.66. The van der Waals surface area contributed by atoms with Crippen LogP contribution in [-0.4, -0.2) is 18.6 Å². The van der Waals surface area contributed by atoms with Crippen LogP contribution in [0, 0.1) is 5.82 Å². The first-order chi connectivity index (χ1) is 10.1. The largest absolute Gasteiger partial charge is 0.484 e. The summed E-state index contributed by atoms with van der Waals surface area (Å²) in [5, 5.41) is 2.96. The number of nitrogens with two attached hydrogens (primary N) is 1. The molecule has 0 aliphatic heterocycles. The van der Waals surface area contributed by atoms with Gasteiger partial charge in [-0.1, -0.05) is 25.3 Å². The summed E-state index contributed by atoms with van der Waals surface area (Å²) in [5.74, 6) is -0.218. The summed E-state index contributed by atoms with van der Waals surface area (Å²) in [4.78, 5) is 11.8. The van der Waals surface area contributed by atoms with Gasteiger partial charge in [-0.25, -0.2) is 4.39 Å². The van der Waals surface area contributed by atoms with Crippen molar-refractivity contribution in [2.45, 2.75) is 51.1 Å². The molecular formula is C16H23FN2O2. The minimum Gasteiger partial charge on any atom is -0.484 e. The van der Waals surface area contributed by atoms with E-state index in [9.17, 15) is 9.18 Å². The third-order valence-electron chi connectivity index (χ3n) is 3.80. The maximum absolute atomic E-state index is 13.7. The standard InChI is InChI=1S/C16H23FN2O2/c1-11(18)14-8-7-13(9-15(14)17)21-10-16(20)19-12-5-3-2-4-6-12/h7-9,11-12H,2-6,10,18H2,1H3,(H,19,20). The van der Waals surface area contributed by atoms with Gasteiger partial charge in [0.15, 0.2) is 6.61 Å². The zero-order valence-electron chi connectivity index (χ0n) is 12.4. The van der Waals surface area contributed by atoms with Crippen LogP contribution in [0.4, 0.5) is 4.39 Å². The molecule has 0 heterocycles. The molecule has 1 unspecified atom stereocenters. The number of amides is 1. The Hall–Kier alpha value is -1.62. The number of carbonyl (C=O) groups is 1. The summed E-state index contributed by atoms with van der Waals surface area (Å²) in [5.41, 5.74) is 6.08. The molecule has 2 rings (SSSR count). The van der Waals surface area contributed by atoms with Gasteiger partial charge in [-0.15, -0.1) is 0 Å². The van der Waals surface area contributed by atoms with E-state index in [4.69, 9.17) is 10.5 Å². The predicted octanol–water partition coefficient (Wildman–Crippen LogP) is 2.67. The molecular weight excluding hydrogens is 271 g/mol. The fourth-order valence-electron chi connectivity index (χ4n) is 2.63. The van der Waals surface area contributed by atoms with Crippen LogP contribution in [0.2, 0.25) is 0 Å². The van der Waals surface area contributed by atoms with Crippen LogP contribution in [0.25, 0.3) is 0 Å². The fraction of sp³-hybridized carbons (Fsp3) is 0.562. The van der Waals surface area contributed by atoms with Crippen LogP contribution in [0.5, 0.6) is 5.75 Å². The van der Waals surface area contributed by atoms with E-state index in [2.05, 4.69) is 5.32 Å². The molecule has 1 fully saturated rings. The molecule has 0 saturated heterocycles. The zero-order chi connectivity index (χ0) is 15.2. The number of carbonyl (C=O) groups excluding carboxylic acids is 1. The van der Waals surface area contributed by atoms with Gasteiger partial charge in [0.2, 0.25) is 0 Å². The molecule has 1 aromatic carbocycles. The molecule has 116 valence electrons. The average Bonchev–Trinajstić information content (AvgIpc) is 2.46. The lowest BCUT2D eigenvalue weighted by atomic mass is 9.95. The van der Waals surface area contributed by atoms with E-state index in [1.165, 1.54) is 12.5 Å². The van der Waals surface area contributed by atoms with Crippen molar-refractivity contribution in [2.75, 3.05) is 6.61 Å². The van der Waals surface area contributed by atoms with Gasteiger partial charge in [-0.05, 0) is 25.8 Å². The second kappa shape index (κ2) is 7.41. The molecule has 1 amide bonds. The van der Waals surface area contributed by atoms with E-state index in [0.717, 1.165) is 25.7 Å². The monoisotopic (exact) mass is 294 g/mol. The highest BCUT2D eigenvalue weighted by molar-refractivity contribution is 5.77. The van der Waals surface area contributed by atoms with E-state index in [1.807, 2.05) is 0 Å². The summed E-state index contributed by atoms with van der Waals surface area (Å²) in [6.45, 7) is 1.63. The van der Waals surface area contributed by atoms with Crippen molar-refractivity contribution in [3.05, 3.63) is 29.6 Å². The lowest BCUT2D eigenvalue weighted by Gasteiger charge is -2.22. The molecule has 21 heavy (non-hydrogen) atoms. The van der Waals surface area contributed by atoms with Crippen molar-refractivity contribution in [3.8, 4) is 5.75 Å². The zero-order valence-corrected chi connectivity index (χ0v) is 12.4. The number of ether oxygens (including phenoxy) is 1. The first kappa shape index (κ1) is 15.8. The second-order valence-corrected chi connectivity index (χ2v) is 5.66. The van der Waals surface area contributed by atoms with Crippen LogP contribution < -0.4 is 15.8 Å². The molecule has 1 atom stereocenters. The van der Waals surface area contributed by atoms with Crippen molar-refractivity contribution >= 4 is 5.91 Å². The molecule has 0 radical (unpaired) electrons. The number of hydrogen-bond acceptors (Lipinski definition) is 3. The quantitative estimate of drug-likeness (QED) is 0.877. The Bertz CT molecular complexity index is 485. The van der Waals surface area contributed by atoms with Crippen LogP contribution >= 0.6 is 0 Å². The topological polar surface area (TPSA) is 64.3 Å². The molecule has 3 N–H and O–H groups in total. The van der Waals surface area contributed by atoms with Gasteiger partial charge in [0.25, 0.3) is 5.91 Å². The Morgan fingerprint density at radius 2 is 2.14 bits per heavy atom. The molecule has 0 bridgehead atoms. The Kier molecular flexibility index (Phi) is 5.56. The highest BCUT2D eigenvalue weighted by Gasteiger charge is 2.16. The smallest absolute Gasteiger partial charge is 0.258 e. The molecule has 1 aliphatic rings. The van der Waals surface area contributed by atoms with E-state index in [-0.39, 0.29) is 24.6 Å². The third kappa shape index (κ3) is 4.70. The molecule has 4 nitrogen and oxygen atoms in total. The summed E-state index contributed by atoms with van der Waals surface area (Å²) >= 11 is 0. The van der Waals surface area contributed by atoms with Gasteiger partial charge in [-0.2, -0.15) is 0 Å². The van der Waals surface area contributed by atoms with Crippen LogP contribution in [0.15, 0.2) is 18.2 Å². The van der Waals surface area contributed by atoms with Crippen LogP contribution in [-0.2, 0) is 4.79 Å². The van der Waals surface area contributed by atoms with Gasteiger partial charge in [-0.3, -0.25) is 4.79 Å². The van der Waals surface area contributed by atoms with Gasteiger partial charge < -0.3 is 15.8 Å². The average molecular weight is 294 g/mol.